The fourth-order valence-electron chi connectivity index (χ4n) is 2.75. The van der Waals surface area contributed by atoms with Crippen molar-refractivity contribution in [3.8, 4) is 11.8 Å². The van der Waals surface area contributed by atoms with E-state index in [4.69, 9.17) is 15.1 Å². The molecule has 1 unspecified atom stereocenters. The number of nitrogens with zero attached hydrogens (tertiary/aromatic N) is 1. The molecule has 1 rings (SSSR count). The van der Waals surface area contributed by atoms with Crippen LogP contribution in [0.25, 0.3) is 0 Å². The number of aromatic carboxylic acids is 1. The van der Waals surface area contributed by atoms with Crippen molar-refractivity contribution in [2.24, 2.45) is 0 Å². The third-order valence-corrected chi connectivity index (χ3v) is 4.30. The second-order valence-electron chi connectivity index (χ2n) is 6.80. The van der Waals surface area contributed by atoms with E-state index < -0.39 is 29.8 Å². The summed E-state index contributed by atoms with van der Waals surface area (Å²) in [5.74, 6) is -3.41. The van der Waals surface area contributed by atoms with Crippen molar-refractivity contribution in [3.05, 3.63) is 29.3 Å². The lowest BCUT2D eigenvalue weighted by molar-refractivity contribution is -0.139. The van der Waals surface area contributed by atoms with E-state index in [2.05, 4.69) is 10.6 Å². The molecular weight excluding hydrogens is 406 g/mol. The first-order valence-electron chi connectivity index (χ1n) is 9.93. The van der Waals surface area contributed by atoms with Gasteiger partial charge in [0.25, 0.3) is 0 Å². The van der Waals surface area contributed by atoms with Gasteiger partial charge in [-0.2, -0.15) is 5.26 Å². The van der Waals surface area contributed by atoms with Crippen molar-refractivity contribution in [2.45, 2.75) is 51.5 Å². The monoisotopic (exact) mass is 433 g/mol. The molecule has 10 nitrogen and oxygen atoms in total. The Labute approximate surface area is 180 Å². The molecule has 0 bridgehead atoms. The van der Waals surface area contributed by atoms with Crippen LogP contribution in [0.4, 0.5) is 0 Å². The molecule has 0 heterocycles. The number of ether oxygens (including phenoxy) is 1. The number of nitriles is 1. The Morgan fingerprint density at radius 1 is 1.16 bits per heavy atom. The van der Waals surface area contributed by atoms with E-state index >= 15 is 0 Å². The van der Waals surface area contributed by atoms with Crippen molar-refractivity contribution in [2.75, 3.05) is 13.2 Å². The summed E-state index contributed by atoms with van der Waals surface area (Å²) < 4.78 is 5.10. The van der Waals surface area contributed by atoms with E-state index in [0.717, 1.165) is 19.3 Å². The van der Waals surface area contributed by atoms with Crippen LogP contribution in [0, 0.1) is 11.3 Å². The molecule has 0 aliphatic carbocycles. The van der Waals surface area contributed by atoms with E-state index in [1.165, 1.54) is 12.1 Å². The zero-order chi connectivity index (χ0) is 23.2. The predicted molar refractivity (Wildman–Crippen MR) is 110 cm³/mol. The molecule has 1 atom stereocenters. The van der Waals surface area contributed by atoms with Gasteiger partial charge in [0.2, 0.25) is 11.8 Å². The minimum Gasteiger partial charge on any atom is -0.481 e. The normalized spacial score (nSPS) is 11.1. The Balaban J connectivity index is 2.98. The van der Waals surface area contributed by atoms with E-state index in [1.54, 1.807) is 12.1 Å². The van der Waals surface area contributed by atoms with Crippen molar-refractivity contribution in [1.29, 1.82) is 5.26 Å². The van der Waals surface area contributed by atoms with Gasteiger partial charge in [-0.25, -0.2) is 4.79 Å². The SMILES string of the molecule is CCCCCNC(=O)C(Cc1ccc(OCC#N)c(C(=O)O)c1)NC(=O)CCC(=O)O. The highest BCUT2D eigenvalue weighted by molar-refractivity contribution is 5.91. The number of carboxylic acids is 2. The number of rotatable bonds is 14. The van der Waals surface area contributed by atoms with Crippen LogP contribution in [-0.4, -0.2) is 53.2 Å². The maximum Gasteiger partial charge on any atom is 0.339 e. The maximum absolute atomic E-state index is 12.6. The smallest absolute Gasteiger partial charge is 0.339 e. The molecule has 0 fully saturated rings. The van der Waals surface area contributed by atoms with Gasteiger partial charge in [0.15, 0.2) is 6.61 Å². The number of carboxylic acid groups (broad SMARTS) is 2. The molecule has 0 radical (unpaired) electrons. The largest absolute Gasteiger partial charge is 0.481 e. The summed E-state index contributed by atoms with van der Waals surface area (Å²) in [6, 6.07) is 5.00. The Kier molecular flexibility index (Phi) is 11.1. The van der Waals surface area contributed by atoms with Crippen LogP contribution in [-0.2, 0) is 20.8 Å². The summed E-state index contributed by atoms with van der Waals surface area (Å²) in [7, 11) is 0. The molecule has 0 saturated heterocycles. The van der Waals surface area contributed by atoms with Crippen molar-refractivity contribution in [3.63, 3.8) is 0 Å². The number of unbranched alkanes of at least 4 members (excludes halogenated alkanes) is 2. The lowest BCUT2D eigenvalue weighted by Crippen LogP contribution is -2.48. The zero-order valence-corrected chi connectivity index (χ0v) is 17.3. The number of hydrogen-bond acceptors (Lipinski definition) is 6. The molecule has 0 aliphatic heterocycles. The van der Waals surface area contributed by atoms with Gasteiger partial charge in [-0.1, -0.05) is 25.8 Å². The first kappa shape index (κ1) is 25.4. The first-order valence-corrected chi connectivity index (χ1v) is 9.93. The van der Waals surface area contributed by atoms with Gasteiger partial charge in [-0.3, -0.25) is 14.4 Å². The van der Waals surface area contributed by atoms with Crippen molar-refractivity contribution in [1.82, 2.24) is 10.6 Å². The molecule has 168 valence electrons. The Hall–Kier alpha value is -3.61. The number of amides is 2. The summed E-state index contributed by atoms with van der Waals surface area (Å²) in [6.45, 7) is 2.13. The van der Waals surface area contributed by atoms with Gasteiger partial charge >= 0.3 is 11.9 Å². The average molecular weight is 433 g/mol. The predicted octanol–water partition coefficient (Wildman–Crippen LogP) is 1.49. The summed E-state index contributed by atoms with van der Waals surface area (Å²) in [5.41, 5.74) is 0.279. The van der Waals surface area contributed by atoms with Gasteiger partial charge in [0, 0.05) is 19.4 Å². The molecule has 2 amide bonds. The van der Waals surface area contributed by atoms with Crippen LogP contribution >= 0.6 is 0 Å². The number of carbonyl (C=O) groups excluding carboxylic acids is 2. The summed E-state index contributed by atoms with van der Waals surface area (Å²) in [4.78, 5) is 46.9. The van der Waals surface area contributed by atoms with E-state index in [-0.39, 0.29) is 37.2 Å². The quantitative estimate of drug-likeness (QED) is 0.320. The first-order chi connectivity index (χ1) is 14.8. The minimum atomic E-state index is -1.26. The van der Waals surface area contributed by atoms with E-state index in [1.807, 2.05) is 6.92 Å². The zero-order valence-electron chi connectivity index (χ0n) is 17.3. The second kappa shape index (κ2) is 13.6. The van der Waals surface area contributed by atoms with Gasteiger partial charge in [0.1, 0.15) is 23.4 Å². The fraction of sp³-hybridized carbons (Fsp3) is 0.476. The third kappa shape index (κ3) is 9.62. The van der Waals surface area contributed by atoms with E-state index in [9.17, 15) is 24.3 Å². The van der Waals surface area contributed by atoms with Crippen LogP contribution in [0.3, 0.4) is 0 Å². The number of benzene rings is 1. The lowest BCUT2D eigenvalue weighted by Gasteiger charge is -2.19. The van der Waals surface area contributed by atoms with Crippen LogP contribution in [0.1, 0.15) is 54.9 Å². The molecule has 1 aromatic rings. The van der Waals surface area contributed by atoms with Gasteiger partial charge in [-0.05, 0) is 24.1 Å². The van der Waals surface area contributed by atoms with Gasteiger partial charge in [0.05, 0.1) is 6.42 Å². The molecule has 0 saturated carbocycles. The lowest BCUT2D eigenvalue weighted by atomic mass is 10.0. The minimum absolute atomic E-state index is 0.00275. The number of carbonyl (C=O) groups is 4. The second-order valence-corrected chi connectivity index (χ2v) is 6.80. The standard InChI is InChI=1S/C21H27N3O7/c1-2-3-4-10-23-20(28)16(24-18(25)7-8-19(26)27)13-14-5-6-17(31-11-9-22)15(12-14)21(29)30/h5-6,12,16H,2-4,7-8,10-11,13H2,1H3,(H,23,28)(H,24,25)(H,26,27)(H,29,30). The molecule has 4 N–H and O–H groups in total. The fourth-order valence-corrected chi connectivity index (χ4v) is 2.75. The number of hydrogen-bond donors (Lipinski definition) is 4. The van der Waals surface area contributed by atoms with Crippen LogP contribution in [0.15, 0.2) is 18.2 Å². The molecule has 0 spiro atoms. The van der Waals surface area contributed by atoms with Crippen LogP contribution in [0.5, 0.6) is 5.75 Å². The van der Waals surface area contributed by atoms with Gasteiger partial charge in [-0.15, -0.1) is 0 Å². The molecular formula is C21H27N3O7. The molecule has 0 aromatic heterocycles. The van der Waals surface area contributed by atoms with Crippen molar-refractivity contribution >= 4 is 23.8 Å². The Morgan fingerprint density at radius 2 is 1.90 bits per heavy atom. The van der Waals surface area contributed by atoms with Gasteiger partial charge < -0.3 is 25.6 Å². The number of nitrogens with one attached hydrogen (secondary N) is 2. The molecule has 10 heteroatoms. The number of aliphatic carboxylic acids is 1. The highest BCUT2D eigenvalue weighted by Gasteiger charge is 2.22. The van der Waals surface area contributed by atoms with E-state index in [0.29, 0.717) is 12.1 Å². The highest BCUT2D eigenvalue weighted by atomic mass is 16.5. The molecule has 31 heavy (non-hydrogen) atoms. The highest BCUT2D eigenvalue weighted by Crippen LogP contribution is 2.21. The third-order valence-electron chi connectivity index (χ3n) is 4.30. The van der Waals surface area contributed by atoms with Crippen LogP contribution < -0.4 is 15.4 Å². The Bertz CT molecular complexity index is 833. The summed E-state index contributed by atoms with van der Waals surface area (Å²) in [6.07, 6.45) is 2.03. The average Bonchev–Trinajstić information content (AvgIpc) is 2.73. The maximum atomic E-state index is 12.6. The molecule has 1 aromatic carbocycles. The Morgan fingerprint density at radius 3 is 2.52 bits per heavy atom. The summed E-state index contributed by atoms with van der Waals surface area (Å²) >= 11 is 0. The van der Waals surface area contributed by atoms with Crippen LogP contribution in [0.2, 0.25) is 0 Å². The topological polar surface area (TPSA) is 166 Å². The van der Waals surface area contributed by atoms with Crippen molar-refractivity contribution < 1.29 is 34.1 Å². The summed E-state index contributed by atoms with van der Waals surface area (Å²) in [5, 5.41) is 32.0. The molecule has 0 aliphatic rings.